The Labute approximate surface area is 160 Å². The minimum Gasteiger partial charge on any atom is -0.493 e. The topological polar surface area (TPSA) is 85.1 Å². The fraction of sp³-hybridized carbons (Fsp3) is 0.556. The zero-order valence-corrected chi connectivity index (χ0v) is 16.4. The zero-order valence-electron chi connectivity index (χ0n) is 15.6. The van der Waals surface area contributed by atoms with E-state index in [2.05, 4.69) is 0 Å². The molecule has 1 saturated heterocycles. The van der Waals surface area contributed by atoms with Crippen LogP contribution in [0.15, 0.2) is 18.2 Å². The summed E-state index contributed by atoms with van der Waals surface area (Å²) in [4.78, 5) is 28.4. The summed E-state index contributed by atoms with van der Waals surface area (Å²) in [5, 5.41) is 0. The lowest BCUT2D eigenvalue weighted by molar-refractivity contribution is -0.132. The van der Waals surface area contributed by atoms with Crippen molar-refractivity contribution in [3.8, 4) is 11.5 Å². The van der Waals surface area contributed by atoms with Crippen molar-refractivity contribution in [3.05, 3.63) is 23.8 Å². The van der Waals surface area contributed by atoms with Gasteiger partial charge in [0.25, 0.3) is 5.91 Å². The first-order valence-electron chi connectivity index (χ1n) is 8.51. The molecule has 7 nitrogen and oxygen atoms in total. The maximum absolute atomic E-state index is 12.7. The number of nitrogens with zero attached hydrogens (tertiary/aromatic N) is 2. The van der Waals surface area contributed by atoms with E-state index in [0.717, 1.165) is 0 Å². The summed E-state index contributed by atoms with van der Waals surface area (Å²) in [7, 11) is 3.10. The van der Waals surface area contributed by atoms with Crippen LogP contribution in [-0.2, 0) is 4.79 Å². The lowest BCUT2D eigenvalue weighted by atomic mass is 10.1. The summed E-state index contributed by atoms with van der Waals surface area (Å²) in [5.74, 6) is 1.15. The van der Waals surface area contributed by atoms with Gasteiger partial charge in [0.2, 0.25) is 5.91 Å². The monoisotopic (exact) mass is 385 g/mol. The number of hydrogen-bond acceptors (Lipinski definition) is 5. The number of nitrogens with two attached hydrogens (primary N) is 1. The van der Waals surface area contributed by atoms with Crippen molar-refractivity contribution in [1.82, 2.24) is 9.80 Å². The molecule has 1 aromatic carbocycles. The first kappa shape index (κ1) is 22.1. The number of methoxy groups -OCH3 is 2. The lowest BCUT2D eigenvalue weighted by Crippen LogP contribution is -2.50. The molecule has 1 aliphatic rings. The molecule has 8 heteroatoms. The molecule has 2 rings (SSSR count). The molecule has 2 N–H and O–H groups in total. The Hall–Kier alpha value is -1.99. The van der Waals surface area contributed by atoms with E-state index in [-0.39, 0.29) is 30.3 Å². The van der Waals surface area contributed by atoms with Gasteiger partial charge >= 0.3 is 0 Å². The van der Waals surface area contributed by atoms with E-state index in [4.69, 9.17) is 15.2 Å². The van der Waals surface area contributed by atoms with E-state index < -0.39 is 0 Å². The third kappa shape index (κ3) is 5.51. The second-order valence-corrected chi connectivity index (χ2v) is 6.26. The zero-order chi connectivity index (χ0) is 18.4. The molecule has 1 heterocycles. The van der Waals surface area contributed by atoms with Gasteiger partial charge in [0.1, 0.15) is 0 Å². The maximum atomic E-state index is 12.7. The number of benzene rings is 1. The number of piperazine rings is 1. The molecule has 146 valence electrons. The number of rotatable bonds is 6. The van der Waals surface area contributed by atoms with Crippen molar-refractivity contribution >= 4 is 24.2 Å². The van der Waals surface area contributed by atoms with Gasteiger partial charge in [0.05, 0.1) is 14.2 Å². The number of ether oxygens (including phenoxy) is 2. The van der Waals surface area contributed by atoms with Crippen molar-refractivity contribution in [2.24, 2.45) is 5.73 Å². The second-order valence-electron chi connectivity index (χ2n) is 6.26. The van der Waals surface area contributed by atoms with Gasteiger partial charge < -0.3 is 25.0 Å². The lowest BCUT2D eigenvalue weighted by Gasteiger charge is -2.35. The summed E-state index contributed by atoms with van der Waals surface area (Å²) >= 11 is 0. The molecule has 1 unspecified atom stereocenters. The molecule has 0 bridgehead atoms. The third-order valence-electron chi connectivity index (χ3n) is 4.36. The molecule has 1 atom stereocenters. The van der Waals surface area contributed by atoms with Gasteiger partial charge in [-0.2, -0.15) is 0 Å². The standard InChI is InChI=1S/C18H27N3O4.ClH/c1-13(19)4-7-17(22)20-8-10-21(11-9-20)18(23)14-5-6-15(24-2)16(12-14)25-3;/h5-6,12-13H,4,7-11,19H2,1-3H3;1H. The van der Waals surface area contributed by atoms with Crippen LogP contribution in [0.1, 0.15) is 30.1 Å². The minimum atomic E-state index is -0.0661. The smallest absolute Gasteiger partial charge is 0.254 e. The van der Waals surface area contributed by atoms with Crippen molar-refractivity contribution in [3.63, 3.8) is 0 Å². The van der Waals surface area contributed by atoms with Crippen molar-refractivity contribution in [2.75, 3.05) is 40.4 Å². The fourth-order valence-electron chi connectivity index (χ4n) is 2.82. The molecule has 0 saturated carbocycles. The fourth-order valence-corrected chi connectivity index (χ4v) is 2.82. The Balaban J connectivity index is 0.00000338. The number of halogens is 1. The van der Waals surface area contributed by atoms with Crippen molar-refractivity contribution in [2.45, 2.75) is 25.8 Å². The third-order valence-corrected chi connectivity index (χ3v) is 4.36. The number of hydrogen-bond donors (Lipinski definition) is 1. The van der Waals surface area contributed by atoms with Crippen LogP contribution in [0.2, 0.25) is 0 Å². The molecular formula is C18H28ClN3O4. The van der Waals surface area contributed by atoms with Gasteiger partial charge in [-0.25, -0.2) is 0 Å². The molecule has 1 aromatic rings. The van der Waals surface area contributed by atoms with Gasteiger partial charge in [-0.3, -0.25) is 9.59 Å². The Kier molecular flexibility index (Phi) is 8.68. The first-order valence-corrected chi connectivity index (χ1v) is 8.51. The SMILES string of the molecule is COc1ccc(C(=O)N2CCN(C(=O)CCC(C)N)CC2)cc1OC.Cl. The van der Waals surface area contributed by atoms with Gasteiger partial charge in [-0.05, 0) is 31.5 Å². The van der Waals surface area contributed by atoms with Crippen LogP contribution >= 0.6 is 12.4 Å². The number of amides is 2. The van der Waals surface area contributed by atoms with E-state index in [1.807, 2.05) is 6.92 Å². The summed E-state index contributed by atoms with van der Waals surface area (Å²) in [5.41, 5.74) is 6.25. The highest BCUT2D eigenvalue weighted by Crippen LogP contribution is 2.28. The van der Waals surface area contributed by atoms with Crippen molar-refractivity contribution < 1.29 is 19.1 Å². The van der Waals surface area contributed by atoms with E-state index >= 15 is 0 Å². The normalized spacial score (nSPS) is 15.1. The average molecular weight is 386 g/mol. The van der Waals surface area contributed by atoms with Crippen LogP contribution in [0.3, 0.4) is 0 Å². The van der Waals surface area contributed by atoms with Gasteiger partial charge in [0, 0.05) is 44.2 Å². The second kappa shape index (κ2) is 10.2. The highest BCUT2D eigenvalue weighted by atomic mass is 35.5. The van der Waals surface area contributed by atoms with E-state index in [0.29, 0.717) is 56.1 Å². The Bertz CT molecular complexity index is 616. The first-order chi connectivity index (χ1) is 12.0. The highest BCUT2D eigenvalue weighted by Gasteiger charge is 2.25. The summed E-state index contributed by atoms with van der Waals surface area (Å²) < 4.78 is 10.4. The molecule has 1 aliphatic heterocycles. The van der Waals surface area contributed by atoms with E-state index in [1.165, 1.54) is 0 Å². The molecule has 0 aliphatic carbocycles. The summed E-state index contributed by atoms with van der Waals surface area (Å²) in [6, 6.07) is 5.15. The quantitative estimate of drug-likeness (QED) is 0.802. The summed E-state index contributed by atoms with van der Waals surface area (Å²) in [6.07, 6.45) is 1.14. The Morgan fingerprint density at radius 2 is 1.65 bits per heavy atom. The largest absolute Gasteiger partial charge is 0.493 e. The molecule has 2 amide bonds. The van der Waals surface area contributed by atoms with Crippen LogP contribution in [0.4, 0.5) is 0 Å². The molecule has 0 radical (unpaired) electrons. The Morgan fingerprint density at radius 3 is 2.19 bits per heavy atom. The summed E-state index contributed by atoms with van der Waals surface area (Å²) in [6.45, 7) is 4.05. The maximum Gasteiger partial charge on any atom is 0.254 e. The minimum absolute atomic E-state index is 0. The van der Waals surface area contributed by atoms with Crippen LogP contribution < -0.4 is 15.2 Å². The number of carbonyl (C=O) groups excluding carboxylic acids is 2. The molecule has 0 spiro atoms. The van der Waals surface area contributed by atoms with Crippen LogP contribution in [0.5, 0.6) is 11.5 Å². The van der Waals surface area contributed by atoms with E-state index in [9.17, 15) is 9.59 Å². The predicted molar refractivity (Wildman–Crippen MR) is 102 cm³/mol. The molecule has 1 fully saturated rings. The van der Waals surface area contributed by atoms with Crippen LogP contribution in [0.25, 0.3) is 0 Å². The van der Waals surface area contributed by atoms with Crippen LogP contribution in [-0.4, -0.2) is 68.1 Å². The molecular weight excluding hydrogens is 358 g/mol. The van der Waals surface area contributed by atoms with Gasteiger partial charge in [-0.15, -0.1) is 12.4 Å². The van der Waals surface area contributed by atoms with Crippen LogP contribution in [0, 0.1) is 0 Å². The number of carbonyl (C=O) groups is 2. The average Bonchev–Trinajstić information content (AvgIpc) is 2.64. The van der Waals surface area contributed by atoms with Crippen molar-refractivity contribution in [1.29, 1.82) is 0 Å². The molecule has 0 aromatic heterocycles. The highest BCUT2D eigenvalue weighted by molar-refractivity contribution is 5.95. The van der Waals surface area contributed by atoms with E-state index in [1.54, 1.807) is 42.2 Å². The Morgan fingerprint density at radius 1 is 1.08 bits per heavy atom. The molecule has 26 heavy (non-hydrogen) atoms. The van der Waals surface area contributed by atoms with Gasteiger partial charge in [0.15, 0.2) is 11.5 Å². The predicted octanol–water partition coefficient (Wildman–Crippen LogP) is 1.54. The van der Waals surface area contributed by atoms with Gasteiger partial charge in [-0.1, -0.05) is 0 Å².